The highest BCUT2D eigenvalue weighted by Crippen LogP contribution is 2.32. The first kappa shape index (κ1) is 12.7. The molecule has 0 amide bonds. The van der Waals surface area contributed by atoms with Crippen molar-refractivity contribution in [3.05, 3.63) is 21.9 Å². The van der Waals surface area contributed by atoms with Gasteiger partial charge in [-0.25, -0.2) is 0 Å². The van der Waals surface area contributed by atoms with Crippen LogP contribution in [0.4, 0.5) is 0 Å². The van der Waals surface area contributed by atoms with E-state index in [4.69, 9.17) is 0 Å². The Morgan fingerprint density at radius 3 is 2.53 bits per heavy atom. The van der Waals surface area contributed by atoms with Crippen molar-refractivity contribution < 1.29 is 5.11 Å². The van der Waals surface area contributed by atoms with Gasteiger partial charge in [-0.3, -0.25) is 0 Å². The molecule has 0 saturated carbocycles. The van der Waals surface area contributed by atoms with Crippen LogP contribution in [0.3, 0.4) is 0 Å². The van der Waals surface area contributed by atoms with E-state index in [0.29, 0.717) is 0 Å². The number of aryl methyl sites for hydroxylation is 1. The summed E-state index contributed by atoms with van der Waals surface area (Å²) >= 11 is 1.70. The van der Waals surface area contributed by atoms with Crippen LogP contribution >= 0.6 is 11.3 Å². The fraction of sp³-hybridized carbons (Fsp3) is 0.692. The highest BCUT2D eigenvalue weighted by Gasteiger charge is 2.24. The number of hydrogen-bond donors (Lipinski definition) is 1. The molecule has 1 N–H and O–H groups in total. The summed E-state index contributed by atoms with van der Waals surface area (Å²) in [5.41, 5.74) is -0.631. The van der Waals surface area contributed by atoms with E-state index in [1.807, 2.05) is 6.92 Å². The molecule has 0 spiro atoms. The van der Waals surface area contributed by atoms with Crippen molar-refractivity contribution >= 4 is 11.3 Å². The fourth-order valence-corrected chi connectivity index (χ4v) is 2.64. The lowest BCUT2D eigenvalue weighted by atomic mass is 9.95. The van der Waals surface area contributed by atoms with Crippen LogP contribution in [0.5, 0.6) is 0 Å². The van der Waals surface area contributed by atoms with Crippen LogP contribution < -0.4 is 0 Å². The molecule has 0 radical (unpaired) electrons. The molecule has 0 bridgehead atoms. The lowest BCUT2D eigenvalue weighted by Crippen LogP contribution is -2.19. The Kier molecular flexibility index (Phi) is 4.35. The average Bonchev–Trinajstić information content (AvgIpc) is 2.51. The van der Waals surface area contributed by atoms with Crippen molar-refractivity contribution in [3.8, 4) is 0 Å². The van der Waals surface area contributed by atoms with Gasteiger partial charge in [0.2, 0.25) is 0 Å². The third kappa shape index (κ3) is 3.96. The first-order valence-corrected chi connectivity index (χ1v) is 6.53. The smallest absolute Gasteiger partial charge is 0.0960 e. The van der Waals surface area contributed by atoms with Gasteiger partial charge in [0.25, 0.3) is 0 Å². The Labute approximate surface area is 97.2 Å². The number of rotatable bonds is 5. The average molecular weight is 226 g/mol. The molecule has 2 heteroatoms. The molecule has 0 fully saturated rings. The monoisotopic (exact) mass is 226 g/mol. The SMILES string of the molecule is Cc1ccc(C(C)(O)CCCC(C)C)s1. The molecule has 0 aromatic carbocycles. The predicted molar refractivity (Wildman–Crippen MR) is 67.3 cm³/mol. The van der Waals surface area contributed by atoms with Crippen molar-refractivity contribution in [2.24, 2.45) is 5.92 Å². The van der Waals surface area contributed by atoms with Crippen molar-refractivity contribution in [2.45, 2.75) is 52.6 Å². The van der Waals surface area contributed by atoms with Crippen LogP contribution in [-0.4, -0.2) is 5.11 Å². The van der Waals surface area contributed by atoms with Gasteiger partial charge in [-0.1, -0.05) is 20.3 Å². The van der Waals surface area contributed by atoms with E-state index >= 15 is 0 Å². The second-order valence-electron chi connectivity index (χ2n) is 4.97. The predicted octanol–water partition coefficient (Wildman–Crippen LogP) is 4.09. The fourth-order valence-electron chi connectivity index (χ4n) is 1.70. The van der Waals surface area contributed by atoms with E-state index in [0.717, 1.165) is 23.6 Å². The van der Waals surface area contributed by atoms with E-state index in [9.17, 15) is 5.11 Å². The maximum atomic E-state index is 10.3. The minimum Gasteiger partial charge on any atom is -0.385 e. The van der Waals surface area contributed by atoms with Gasteiger partial charge in [-0.2, -0.15) is 0 Å². The zero-order valence-corrected chi connectivity index (χ0v) is 11.0. The van der Waals surface area contributed by atoms with Gasteiger partial charge in [-0.15, -0.1) is 11.3 Å². The second kappa shape index (κ2) is 5.13. The van der Waals surface area contributed by atoms with Crippen LogP contribution in [0, 0.1) is 12.8 Å². The quantitative estimate of drug-likeness (QED) is 0.801. The van der Waals surface area contributed by atoms with E-state index < -0.39 is 5.60 Å². The Morgan fingerprint density at radius 1 is 1.40 bits per heavy atom. The molecule has 1 aromatic rings. The first-order chi connectivity index (χ1) is 6.92. The summed E-state index contributed by atoms with van der Waals surface area (Å²) in [6.45, 7) is 8.46. The minimum atomic E-state index is -0.631. The Morgan fingerprint density at radius 2 is 2.07 bits per heavy atom. The standard InChI is InChI=1S/C13H22OS/c1-10(2)6-5-9-13(4,14)12-8-7-11(3)15-12/h7-8,10,14H,5-6,9H2,1-4H3. The highest BCUT2D eigenvalue weighted by molar-refractivity contribution is 7.12. The molecular formula is C13H22OS. The molecule has 15 heavy (non-hydrogen) atoms. The van der Waals surface area contributed by atoms with Gasteiger partial charge in [-0.05, 0) is 44.7 Å². The van der Waals surface area contributed by atoms with Gasteiger partial charge in [0.05, 0.1) is 5.60 Å². The van der Waals surface area contributed by atoms with E-state index in [2.05, 4.69) is 32.9 Å². The van der Waals surface area contributed by atoms with Crippen LogP contribution in [0.1, 0.15) is 49.8 Å². The van der Waals surface area contributed by atoms with Crippen LogP contribution in [-0.2, 0) is 5.60 Å². The van der Waals surface area contributed by atoms with Gasteiger partial charge < -0.3 is 5.11 Å². The van der Waals surface area contributed by atoms with E-state index in [-0.39, 0.29) is 0 Å². The van der Waals surface area contributed by atoms with Crippen LogP contribution in [0.2, 0.25) is 0 Å². The lowest BCUT2D eigenvalue weighted by molar-refractivity contribution is 0.0478. The molecular weight excluding hydrogens is 204 g/mol. The molecule has 0 aliphatic carbocycles. The van der Waals surface area contributed by atoms with Crippen molar-refractivity contribution in [2.75, 3.05) is 0 Å². The van der Waals surface area contributed by atoms with Crippen molar-refractivity contribution in [1.82, 2.24) is 0 Å². The molecule has 0 saturated heterocycles. The Bertz CT molecular complexity index is 299. The second-order valence-corrected chi connectivity index (χ2v) is 6.26. The van der Waals surface area contributed by atoms with E-state index in [1.165, 1.54) is 11.3 Å². The molecule has 86 valence electrons. The highest BCUT2D eigenvalue weighted by atomic mass is 32.1. The molecule has 1 atom stereocenters. The number of thiophene rings is 1. The normalized spacial score (nSPS) is 15.6. The van der Waals surface area contributed by atoms with Crippen LogP contribution in [0.25, 0.3) is 0 Å². The maximum Gasteiger partial charge on any atom is 0.0960 e. The molecule has 1 unspecified atom stereocenters. The molecule has 1 rings (SSSR count). The van der Waals surface area contributed by atoms with E-state index in [1.54, 1.807) is 11.3 Å². The topological polar surface area (TPSA) is 20.2 Å². The summed E-state index contributed by atoms with van der Waals surface area (Å²) < 4.78 is 0. The largest absolute Gasteiger partial charge is 0.385 e. The molecule has 1 aromatic heterocycles. The third-order valence-corrected chi connectivity index (χ3v) is 3.97. The lowest BCUT2D eigenvalue weighted by Gasteiger charge is -2.22. The van der Waals surface area contributed by atoms with Gasteiger partial charge in [0.15, 0.2) is 0 Å². The third-order valence-electron chi connectivity index (χ3n) is 2.72. The van der Waals surface area contributed by atoms with Crippen LogP contribution in [0.15, 0.2) is 12.1 Å². The summed E-state index contributed by atoms with van der Waals surface area (Å²) in [5, 5.41) is 10.3. The summed E-state index contributed by atoms with van der Waals surface area (Å²) in [7, 11) is 0. The molecule has 1 heterocycles. The molecule has 0 aliphatic heterocycles. The zero-order chi connectivity index (χ0) is 11.5. The van der Waals surface area contributed by atoms with Gasteiger partial charge >= 0.3 is 0 Å². The molecule has 0 aliphatic rings. The van der Waals surface area contributed by atoms with Gasteiger partial charge in [0.1, 0.15) is 0 Å². The number of hydrogen-bond acceptors (Lipinski definition) is 2. The van der Waals surface area contributed by atoms with Gasteiger partial charge in [0, 0.05) is 9.75 Å². The number of aliphatic hydroxyl groups is 1. The first-order valence-electron chi connectivity index (χ1n) is 5.71. The minimum absolute atomic E-state index is 0.631. The summed E-state index contributed by atoms with van der Waals surface area (Å²) in [4.78, 5) is 2.37. The van der Waals surface area contributed by atoms with Crippen molar-refractivity contribution in [1.29, 1.82) is 0 Å². The zero-order valence-electron chi connectivity index (χ0n) is 10.2. The summed E-state index contributed by atoms with van der Waals surface area (Å²) in [6, 6.07) is 4.13. The maximum absolute atomic E-state index is 10.3. The summed E-state index contributed by atoms with van der Waals surface area (Å²) in [6.07, 6.45) is 3.16. The summed E-state index contributed by atoms with van der Waals surface area (Å²) in [5.74, 6) is 0.728. The Balaban J connectivity index is 2.51. The van der Waals surface area contributed by atoms with Crippen molar-refractivity contribution in [3.63, 3.8) is 0 Å². The molecule has 1 nitrogen and oxygen atoms in total. The Hall–Kier alpha value is -0.340.